The minimum atomic E-state index is -1.16. The summed E-state index contributed by atoms with van der Waals surface area (Å²) in [6, 6.07) is 23.5. The van der Waals surface area contributed by atoms with Crippen LogP contribution < -0.4 is 10.1 Å². The molecule has 2 unspecified atom stereocenters. The van der Waals surface area contributed by atoms with Crippen LogP contribution in [0.2, 0.25) is 5.02 Å². The van der Waals surface area contributed by atoms with Crippen LogP contribution in [-0.2, 0) is 11.2 Å². The van der Waals surface area contributed by atoms with Crippen LogP contribution in [0.15, 0.2) is 78.9 Å². The number of hydrogen-bond acceptors (Lipinski definition) is 2. The summed E-state index contributed by atoms with van der Waals surface area (Å²) in [5, 5.41) is 3.79. The Hall–Kier alpha value is -2.85. The van der Waals surface area contributed by atoms with Crippen LogP contribution in [0, 0.1) is 5.82 Å². The van der Waals surface area contributed by atoms with E-state index in [9.17, 15) is 9.18 Å². The number of carbonyl (C=O) groups excluding carboxylic acids is 1. The molecule has 3 aromatic carbocycles. The summed E-state index contributed by atoms with van der Waals surface area (Å²) in [5.74, 6) is -0.305. The number of hydrogen-bond donors (Lipinski definition) is 1. The van der Waals surface area contributed by atoms with Crippen molar-refractivity contribution in [3.8, 4) is 5.75 Å². The molecule has 0 bridgehead atoms. The molecule has 0 heterocycles. The maximum absolute atomic E-state index is 13.5. The first-order chi connectivity index (χ1) is 14.7. The highest BCUT2D eigenvalue weighted by atomic mass is 35.5. The zero-order valence-corrected chi connectivity index (χ0v) is 18.7. The molecule has 1 N–H and O–H groups in total. The predicted molar refractivity (Wildman–Crippen MR) is 123 cm³/mol. The van der Waals surface area contributed by atoms with E-state index in [1.807, 2.05) is 49.4 Å². The molecule has 3 rings (SSSR count). The standard InChI is InChI=1S/C26H27ClFNO2/c1-18(29-25(30)26(2,3)31-23-11-7-10-22(28)17-23)24(20-8-5-4-6-9-20)16-19-12-14-21(27)15-13-19/h4-15,17-18,24H,16H2,1-3H3,(H,29,30). The highest BCUT2D eigenvalue weighted by Crippen LogP contribution is 2.26. The zero-order chi connectivity index (χ0) is 22.4. The third-order valence-electron chi connectivity index (χ3n) is 5.27. The molecular formula is C26H27ClFNO2. The quantitative estimate of drug-likeness (QED) is 0.456. The van der Waals surface area contributed by atoms with Gasteiger partial charge < -0.3 is 10.1 Å². The van der Waals surface area contributed by atoms with E-state index in [1.165, 1.54) is 12.1 Å². The molecule has 0 aliphatic heterocycles. The van der Waals surface area contributed by atoms with E-state index in [0.717, 1.165) is 17.5 Å². The first kappa shape index (κ1) is 22.8. The van der Waals surface area contributed by atoms with Gasteiger partial charge in [0.25, 0.3) is 5.91 Å². The molecule has 0 aliphatic carbocycles. The Balaban J connectivity index is 1.76. The van der Waals surface area contributed by atoms with Crippen molar-refractivity contribution < 1.29 is 13.9 Å². The molecule has 1 amide bonds. The van der Waals surface area contributed by atoms with Crippen LogP contribution in [0.25, 0.3) is 0 Å². The number of halogens is 2. The van der Waals surface area contributed by atoms with E-state index in [0.29, 0.717) is 10.8 Å². The van der Waals surface area contributed by atoms with Crippen LogP contribution in [0.3, 0.4) is 0 Å². The molecule has 2 atom stereocenters. The number of amides is 1. The molecule has 162 valence electrons. The van der Waals surface area contributed by atoms with Gasteiger partial charge in [-0.2, -0.15) is 0 Å². The number of ether oxygens (including phenoxy) is 1. The van der Waals surface area contributed by atoms with Gasteiger partial charge in [-0.25, -0.2) is 4.39 Å². The van der Waals surface area contributed by atoms with Crippen molar-refractivity contribution in [2.75, 3.05) is 0 Å². The fraction of sp³-hybridized carbons (Fsp3) is 0.269. The van der Waals surface area contributed by atoms with Crippen LogP contribution in [0.1, 0.15) is 37.8 Å². The summed E-state index contributed by atoms with van der Waals surface area (Å²) in [5.41, 5.74) is 1.10. The van der Waals surface area contributed by atoms with E-state index < -0.39 is 11.4 Å². The number of nitrogens with one attached hydrogen (secondary N) is 1. The van der Waals surface area contributed by atoms with E-state index >= 15 is 0 Å². The molecular weight excluding hydrogens is 413 g/mol. The first-order valence-electron chi connectivity index (χ1n) is 10.3. The molecule has 0 aliphatic rings. The summed E-state index contributed by atoms with van der Waals surface area (Å²) < 4.78 is 19.3. The van der Waals surface area contributed by atoms with Crippen molar-refractivity contribution in [3.05, 3.63) is 101 Å². The Labute approximate surface area is 188 Å². The highest BCUT2D eigenvalue weighted by Gasteiger charge is 2.33. The van der Waals surface area contributed by atoms with E-state index in [1.54, 1.807) is 26.0 Å². The van der Waals surface area contributed by atoms with Gasteiger partial charge in [0.15, 0.2) is 5.60 Å². The molecule has 0 spiro atoms. The number of rotatable bonds is 8. The third-order valence-corrected chi connectivity index (χ3v) is 5.53. The van der Waals surface area contributed by atoms with Gasteiger partial charge in [0.2, 0.25) is 0 Å². The van der Waals surface area contributed by atoms with Crippen LogP contribution >= 0.6 is 11.6 Å². The molecule has 0 aromatic heterocycles. The SMILES string of the molecule is CC(NC(=O)C(C)(C)Oc1cccc(F)c1)C(Cc1ccc(Cl)cc1)c1ccccc1. The normalized spacial score (nSPS) is 13.3. The lowest BCUT2D eigenvalue weighted by Crippen LogP contribution is -2.51. The van der Waals surface area contributed by atoms with Gasteiger partial charge >= 0.3 is 0 Å². The van der Waals surface area contributed by atoms with Crippen molar-refractivity contribution in [2.24, 2.45) is 0 Å². The van der Waals surface area contributed by atoms with Crippen molar-refractivity contribution in [1.82, 2.24) is 5.32 Å². The van der Waals surface area contributed by atoms with Crippen LogP contribution in [0.4, 0.5) is 4.39 Å². The first-order valence-corrected chi connectivity index (χ1v) is 10.7. The van der Waals surface area contributed by atoms with Gasteiger partial charge in [-0.05, 0) is 62.6 Å². The molecule has 3 aromatic rings. The minimum Gasteiger partial charge on any atom is -0.478 e. The van der Waals surface area contributed by atoms with Gasteiger partial charge in [-0.3, -0.25) is 4.79 Å². The second kappa shape index (κ2) is 9.97. The van der Waals surface area contributed by atoms with Gasteiger partial charge in [0, 0.05) is 23.0 Å². The molecule has 0 fully saturated rings. The lowest BCUT2D eigenvalue weighted by atomic mass is 9.86. The Morgan fingerprint density at radius 1 is 1.03 bits per heavy atom. The van der Waals surface area contributed by atoms with Gasteiger partial charge in [0.05, 0.1) is 0 Å². The summed E-state index contributed by atoms with van der Waals surface area (Å²) >= 11 is 6.03. The summed E-state index contributed by atoms with van der Waals surface area (Å²) in [7, 11) is 0. The molecule has 3 nitrogen and oxygen atoms in total. The number of benzene rings is 3. The maximum Gasteiger partial charge on any atom is 0.263 e. The minimum absolute atomic E-state index is 0.0521. The Morgan fingerprint density at radius 3 is 2.35 bits per heavy atom. The summed E-state index contributed by atoms with van der Waals surface area (Å²) in [4.78, 5) is 13.1. The van der Waals surface area contributed by atoms with Gasteiger partial charge in [-0.1, -0.05) is 60.1 Å². The molecule has 0 saturated carbocycles. The average molecular weight is 440 g/mol. The molecule has 31 heavy (non-hydrogen) atoms. The molecule has 5 heteroatoms. The van der Waals surface area contributed by atoms with E-state index in [-0.39, 0.29) is 17.9 Å². The van der Waals surface area contributed by atoms with Crippen LogP contribution in [0.5, 0.6) is 5.75 Å². The second-order valence-corrected chi connectivity index (χ2v) is 8.62. The van der Waals surface area contributed by atoms with E-state index in [4.69, 9.17) is 16.3 Å². The predicted octanol–water partition coefficient (Wildman–Crippen LogP) is 6.17. The Morgan fingerprint density at radius 2 is 1.71 bits per heavy atom. The van der Waals surface area contributed by atoms with E-state index in [2.05, 4.69) is 17.4 Å². The van der Waals surface area contributed by atoms with Crippen LogP contribution in [-0.4, -0.2) is 17.6 Å². The average Bonchev–Trinajstić information content (AvgIpc) is 2.73. The highest BCUT2D eigenvalue weighted by molar-refractivity contribution is 6.30. The Bertz CT molecular complexity index is 1010. The fourth-order valence-electron chi connectivity index (χ4n) is 3.51. The zero-order valence-electron chi connectivity index (χ0n) is 17.9. The van der Waals surface area contributed by atoms with Gasteiger partial charge in [0.1, 0.15) is 11.6 Å². The summed E-state index contributed by atoms with van der Waals surface area (Å²) in [6.45, 7) is 5.34. The largest absolute Gasteiger partial charge is 0.478 e. The third kappa shape index (κ3) is 6.31. The summed E-state index contributed by atoms with van der Waals surface area (Å²) in [6.07, 6.45) is 0.744. The lowest BCUT2D eigenvalue weighted by Gasteiger charge is -2.31. The van der Waals surface area contributed by atoms with Crippen molar-refractivity contribution >= 4 is 17.5 Å². The fourth-order valence-corrected chi connectivity index (χ4v) is 3.64. The van der Waals surface area contributed by atoms with Crippen molar-refractivity contribution in [3.63, 3.8) is 0 Å². The Kier molecular flexibility index (Phi) is 7.34. The van der Waals surface area contributed by atoms with Crippen molar-refractivity contribution in [2.45, 2.75) is 44.8 Å². The number of carbonyl (C=O) groups is 1. The second-order valence-electron chi connectivity index (χ2n) is 8.18. The lowest BCUT2D eigenvalue weighted by molar-refractivity contribution is -0.135. The van der Waals surface area contributed by atoms with Gasteiger partial charge in [-0.15, -0.1) is 0 Å². The monoisotopic (exact) mass is 439 g/mol. The maximum atomic E-state index is 13.5. The topological polar surface area (TPSA) is 38.3 Å². The molecule has 0 radical (unpaired) electrons. The smallest absolute Gasteiger partial charge is 0.263 e. The van der Waals surface area contributed by atoms with Crippen molar-refractivity contribution in [1.29, 1.82) is 0 Å². The molecule has 0 saturated heterocycles.